The SMILES string of the molecule is CCC(NC(=O)[C@H](C)N)c1ccc(C)cc1.Cl. The van der Waals surface area contributed by atoms with Crippen LogP contribution in [-0.4, -0.2) is 11.9 Å². The minimum absolute atomic E-state index is 0. The third-order valence-electron chi connectivity index (χ3n) is 2.62. The molecule has 3 N–H and O–H groups in total. The van der Waals surface area contributed by atoms with Crippen molar-refractivity contribution < 1.29 is 4.79 Å². The summed E-state index contributed by atoms with van der Waals surface area (Å²) in [5.74, 6) is -0.104. The Balaban J connectivity index is 0.00000256. The Morgan fingerprint density at radius 3 is 2.29 bits per heavy atom. The van der Waals surface area contributed by atoms with E-state index in [9.17, 15) is 4.79 Å². The molecule has 0 aliphatic carbocycles. The van der Waals surface area contributed by atoms with Crippen LogP contribution < -0.4 is 11.1 Å². The second-order valence-corrected chi connectivity index (χ2v) is 4.17. The molecule has 3 nitrogen and oxygen atoms in total. The van der Waals surface area contributed by atoms with Crippen molar-refractivity contribution in [3.05, 3.63) is 35.4 Å². The molecule has 1 aromatic rings. The Bertz CT molecular complexity index is 349. The van der Waals surface area contributed by atoms with Gasteiger partial charge in [-0.2, -0.15) is 0 Å². The van der Waals surface area contributed by atoms with Gasteiger partial charge in [0.15, 0.2) is 0 Å². The second kappa shape index (κ2) is 7.30. The lowest BCUT2D eigenvalue weighted by Crippen LogP contribution is -2.40. The summed E-state index contributed by atoms with van der Waals surface area (Å²) in [7, 11) is 0. The van der Waals surface area contributed by atoms with Crippen molar-refractivity contribution >= 4 is 18.3 Å². The zero-order valence-electron chi connectivity index (χ0n) is 10.6. The molecule has 0 heterocycles. The molecule has 0 saturated heterocycles. The highest BCUT2D eigenvalue weighted by Gasteiger charge is 2.14. The molecule has 1 amide bonds. The molecule has 0 fully saturated rings. The highest BCUT2D eigenvalue weighted by Crippen LogP contribution is 2.16. The standard InChI is InChI=1S/C13H20N2O.ClH/c1-4-12(15-13(16)10(3)14)11-7-5-9(2)6-8-11;/h5-8,10,12H,4,14H2,1-3H3,(H,15,16);1H/t10-,12?;/m0./s1. The Morgan fingerprint density at radius 2 is 1.88 bits per heavy atom. The van der Waals surface area contributed by atoms with E-state index >= 15 is 0 Å². The average Bonchev–Trinajstić information content (AvgIpc) is 2.26. The van der Waals surface area contributed by atoms with Gasteiger partial charge in [-0.05, 0) is 25.8 Å². The first-order valence-corrected chi connectivity index (χ1v) is 5.67. The number of rotatable bonds is 4. The van der Waals surface area contributed by atoms with Gasteiger partial charge in [0, 0.05) is 0 Å². The number of hydrogen-bond acceptors (Lipinski definition) is 2. The molecule has 1 unspecified atom stereocenters. The van der Waals surface area contributed by atoms with E-state index in [1.54, 1.807) is 6.92 Å². The van der Waals surface area contributed by atoms with E-state index in [2.05, 4.69) is 17.4 Å². The molecule has 4 heteroatoms. The number of amides is 1. The molecule has 2 atom stereocenters. The highest BCUT2D eigenvalue weighted by molar-refractivity contribution is 5.85. The maximum absolute atomic E-state index is 11.5. The highest BCUT2D eigenvalue weighted by atomic mass is 35.5. The summed E-state index contributed by atoms with van der Waals surface area (Å²) in [6.45, 7) is 5.79. The summed E-state index contributed by atoms with van der Waals surface area (Å²) in [5.41, 5.74) is 7.88. The van der Waals surface area contributed by atoms with Gasteiger partial charge >= 0.3 is 0 Å². The number of halogens is 1. The van der Waals surface area contributed by atoms with Crippen molar-refractivity contribution in [2.45, 2.75) is 39.3 Å². The Kier molecular flexibility index (Phi) is 6.85. The fraction of sp³-hybridized carbons (Fsp3) is 0.462. The smallest absolute Gasteiger partial charge is 0.237 e. The fourth-order valence-corrected chi connectivity index (χ4v) is 1.52. The average molecular weight is 257 g/mol. The van der Waals surface area contributed by atoms with Crippen molar-refractivity contribution in [3.63, 3.8) is 0 Å². The lowest BCUT2D eigenvalue weighted by Gasteiger charge is -2.19. The van der Waals surface area contributed by atoms with E-state index in [1.165, 1.54) is 5.56 Å². The van der Waals surface area contributed by atoms with Crippen molar-refractivity contribution in [2.75, 3.05) is 0 Å². The minimum atomic E-state index is -0.459. The molecule has 0 aliphatic heterocycles. The molecule has 17 heavy (non-hydrogen) atoms. The Hall–Kier alpha value is -1.06. The van der Waals surface area contributed by atoms with E-state index < -0.39 is 6.04 Å². The van der Waals surface area contributed by atoms with Crippen LogP contribution in [0.1, 0.15) is 37.4 Å². The van der Waals surface area contributed by atoms with Gasteiger partial charge in [-0.1, -0.05) is 36.8 Å². The number of nitrogens with two attached hydrogens (primary N) is 1. The van der Waals surface area contributed by atoms with Crippen LogP contribution in [0.4, 0.5) is 0 Å². The number of carbonyl (C=O) groups is 1. The predicted molar refractivity (Wildman–Crippen MR) is 73.3 cm³/mol. The van der Waals surface area contributed by atoms with Crippen molar-refractivity contribution in [1.29, 1.82) is 0 Å². The summed E-state index contributed by atoms with van der Waals surface area (Å²) in [5, 5.41) is 2.94. The van der Waals surface area contributed by atoms with Crippen LogP contribution >= 0.6 is 12.4 Å². The van der Waals surface area contributed by atoms with Gasteiger partial charge in [-0.15, -0.1) is 12.4 Å². The first-order valence-electron chi connectivity index (χ1n) is 5.67. The van der Waals surface area contributed by atoms with E-state index in [4.69, 9.17) is 5.73 Å². The maximum Gasteiger partial charge on any atom is 0.237 e. The first kappa shape index (κ1) is 15.9. The Labute approximate surface area is 109 Å². The van der Waals surface area contributed by atoms with Crippen LogP contribution in [0.2, 0.25) is 0 Å². The first-order chi connectivity index (χ1) is 7.54. The zero-order chi connectivity index (χ0) is 12.1. The lowest BCUT2D eigenvalue weighted by atomic mass is 10.0. The molecule has 0 bridgehead atoms. The number of hydrogen-bond donors (Lipinski definition) is 2. The lowest BCUT2D eigenvalue weighted by molar-refractivity contribution is -0.122. The van der Waals surface area contributed by atoms with Crippen molar-refractivity contribution in [1.82, 2.24) is 5.32 Å². The molecule has 0 spiro atoms. The van der Waals surface area contributed by atoms with Gasteiger partial charge in [0.1, 0.15) is 0 Å². The van der Waals surface area contributed by atoms with E-state index in [0.717, 1.165) is 12.0 Å². The topological polar surface area (TPSA) is 55.1 Å². The second-order valence-electron chi connectivity index (χ2n) is 4.17. The quantitative estimate of drug-likeness (QED) is 0.869. The van der Waals surface area contributed by atoms with Gasteiger partial charge in [0.2, 0.25) is 5.91 Å². The molecule has 0 saturated carbocycles. The van der Waals surface area contributed by atoms with Gasteiger partial charge in [-0.25, -0.2) is 0 Å². The molecule has 0 aromatic heterocycles. The molecular weight excluding hydrogens is 236 g/mol. The molecule has 0 aliphatic rings. The van der Waals surface area contributed by atoms with Crippen molar-refractivity contribution in [3.8, 4) is 0 Å². The molecule has 0 radical (unpaired) electrons. The molecule has 1 aromatic carbocycles. The molecule has 1 rings (SSSR count). The van der Waals surface area contributed by atoms with Gasteiger partial charge in [-0.3, -0.25) is 4.79 Å². The summed E-state index contributed by atoms with van der Waals surface area (Å²) in [6, 6.07) is 7.79. The number of aryl methyl sites for hydroxylation is 1. The van der Waals surface area contributed by atoms with Gasteiger partial charge < -0.3 is 11.1 Å². The summed E-state index contributed by atoms with van der Waals surface area (Å²) in [4.78, 5) is 11.5. The van der Waals surface area contributed by atoms with Crippen molar-refractivity contribution in [2.24, 2.45) is 5.73 Å². The van der Waals surface area contributed by atoms with E-state index in [1.807, 2.05) is 26.0 Å². The number of benzene rings is 1. The van der Waals surface area contributed by atoms with Crippen LogP contribution in [-0.2, 0) is 4.79 Å². The fourth-order valence-electron chi connectivity index (χ4n) is 1.52. The predicted octanol–water partition coefficient (Wildman–Crippen LogP) is 2.33. The summed E-state index contributed by atoms with van der Waals surface area (Å²) >= 11 is 0. The van der Waals surface area contributed by atoms with E-state index in [0.29, 0.717) is 0 Å². The van der Waals surface area contributed by atoms with Crippen LogP contribution in [0.3, 0.4) is 0 Å². The molecular formula is C13H21ClN2O. The van der Waals surface area contributed by atoms with E-state index in [-0.39, 0.29) is 24.4 Å². The largest absolute Gasteiger partial charge is 0.348 e. The third-order valence-corrected chi connectivity index (χ3v) is 2.62. The minimum Gasteiger partial charge on any atom is -0.348 e. The van der Waals surface area contributed by atoms with Crippen LogP contribution in [0.25, 0.3) is 0 Å². The summed E-state index contributed by atoms with van der Waals surface area (Å²) < 4.78 is 0. The van der Waals surface area contributed by atoms with Gasteiger partial charge in [0.05, 0.1) is 12.1 Å². The van der Waals surface area contributed by atoms with Crippen LogP contribution in [0, 0.1) is 6.92 Å². The maximum atomic E-state index is 11.5. The third kappa shape index (κ3) is 4.75. The number of nitrogens with one attached hydrogen (secondary N) is 1. The van der Waals surface area contributed by atoms with Crippen LogP contribution in [0.15, 0.2) is 24.3 Å². The van der Waals surface area contributed by atoms with Gasteiger partial charge in [0.25, 0.3) is 0 Å². The summed E-state index contributed by atoms with van der Waals surface area (Å²) in [6.07, 6.45) is 0.863. The molecule has 96 valence electrons. The normalized spacial score (nSPS) is 13.4. The number of carbonyl (C=O) groups excluding carboxylic acids is 1. The monoisotopic (exact) mass is 256 g/mol. The van der Waals surface area contributed by atoms with Crippen LogP contribution in [0.5, 0.6) is 0 Å². The Morgan fingerprint density at radius 1 is 1.35 bits per heavy atom. The zero-order valence-corrected chi connectivity index (χ0v) is 11.4.